The fraction of sp³-hybridized carbons (Fsp3) is 0.429. The van der Waals surface area contributed by atoms with Gasteiger partial charge in [-0.05, 0) is 43.5 Å². The zero-order chi connectivity index (χ0) is 17.5. The number of sulfone groups is 1. The maximum absolute atomic E-state index is 12.5. The van der Waals surface area contributed by atoms with Gasteiger partial charge >= 0.3 is 5.51 Å². The Balaban J connectivity index is 2.27. The molecule has 1 aliphatic rings. The van der Waals surface area contributed by atoms with Crippen LogP contribution < -0.4 is 0 Å². The summed E-state index contributed by atoms with van der Waals surface area (Å²) in [6, 6.07) is 5.59. The van der Waals surface area contributed by atoms with Crippen LogP contribution in [0.4, 0.5) is 13.2 Å². The average Bonchev–Trinajstić information content (AvgIpc) is 2.44. The molecule has 0 spiro atoms. The summed E-state index contributed by atoms with van der Waals surface area (Å²) >= 11 is 0. The standard InChI is InChI=1S/C14H13F3N2O3S/c1-19(13(9-18)7-2-8-13)12(20)10-3-5-11(6-4-10)23(21,22)14(15,16)17/h3-6H,2,7-8H2,1H3. The second-order valence-corrected chi connectivity index (χ2v) is 7.28. The topological polar surface area (TPSA) is 78.2 Å². The molecule has 0 saturated heterocycles. The Morgan fingerprint density at radius 3 is 2.13 bits per heavy atom. The van der Waals surface area contributed by atoms with E-state index >= 15 is 0 Å². The lowest BCUT2D eigenvalue weighted by atomic mass is 9.76. The first kappa shape index (κ1) is 17.3. The van der Waals surface area contributed by atoms with E-state index in [1.807, 2.05) is 0 Å². The Hall–Kier alpha value is -2.08. The van der Waals surface area contributed by atoms with Crippen molar-refractivity contribution in [2.24, 2.45) is 0 Å². The van der Waals surface area contributed by atoms with Crippen LogP contribution in [0, 0.1) is 11.3 Å². The van der Waals surface area contributed by atoms with Gasteiger partial charge in [0.2, 0.25) is 0 Å². The summed E-state index contributed by atoms with van der Waals surface area (Å²) in [5.41, 5.74) is -6.27. The molecule has 0 radical (unpaired) electrons. The quantitative estimate of drug-likeness (QED) is 0.842. The lowest BCUT2D eigenvalue weighted by Gasteiger charge is -2.42. The molecule has 0 N–H and O–H groups in total. The van der Waals surface area contributed by atoms with Crippen molar-refractivity contribution >= 4 is 15.7 Å². The molecule has 124 valence electrons. The average molecular weight is 346 g/mol. The molecule has 5 nitrogen and oxygen atoms in total. The van der Waals surface area contributed by atoms with Gasteiger partial charge in [0.1, 0.15) is 5.54 Å². The van der Waals surface area contributed by atoms with Crippen molar-refractivity contribution in [3.05, 3.63) is 29.8 Å². The monoisotopic (exact) mass is 346 g/mol. The summed E-state index contributed by atoms with van der Waals surface area (Å²) in [4.78, 5) is 12.6. The maximum atomic E-state index is 12.5. The van der Waals surface area contributed by atoms with Crippen molar-refractivity contribution in [3.63, 3.8) is 0 Å². The third-order valence-electron chi connectivity index (χ3n) is 4.05. The Morgan fingerprint density at radius 2 is 1.78 bits per heavy atom. The van der Waals surface area contributed by atoms with Crippen LogP contribution in [-0.4, -0.2) is 37.3 Å². The van der Waals surface area contributed by atoms with Crippen LogP contribution in [-0.2, 0) is 9.84 Å². The number of nitrogens with zero attached hydrogens (tertiary/aromatic N) is 2. The third-order valence-corrected chi connectivity index (χ3v) is 5.55. The predicted molar refractivity (Wildman–Crippen MR) is 74.0 cm³/mol. The second kappa shape index (κ2) is 5.53. The molecule has 1 aromatic carbocycles. The Morgan fingerprint density at radius 1 is 1.26 bits per heavy atom. The highest BCUT2D eigenvalue weighted by Crippen LogP contribution is 2.37. The Kier molecular flexibility index (Phi) is 4.15. The fourth-order valence-electron chi connectivity index (χ4n) is 2.33. The molecule has 0 bridgehead atoms. The van der Waals surface area contributed by atoms with Crippen LogP contribution in [0.25, 0.3) is 0 Å². The van der Waals surface area contributed by atoms with E-state index in [1.54, 1.807) is 0 Å². The van der Waals surface area contributed by atoms with Gasteiger partial charge in [-0.2, -0.15) is 18.4 Å². The molecule has 0 heterocycles. The molecule has 0 atom stereocenters. The maximum Gasteiger partial charge on any atom is 0.501 e. The second-order valence-electron chi connectivity index (χ2n) is 5.33. The van der Waals surface area contributed by atoms with Crippen molar-refractivity contribution in [2.45, 2.75) is 35.2 Å². The molecule has 1 saturated carbocycles. The van der Waals surface area contributed by atoms with E-state index < -0.39 is 31.7 Å². The van der Waals surface area contributed by atoms with E-state index in [2.05, 4.69) is 6.07 Å². The Bertz CT molecular complexity index is 760. The minimum Gasteiger partial charge on any atom is -0.323 e. The number of carbonyl (C=O) groups excluding carboxylic acids is 1. The van der Waals surface area contributed by atoms with Gasteiger partial charge in [-0.3, -0.25) is 4.79 Å². The van der Waals surface area contributed by atoms with Gasteiger partial charge in [0, 0.05) is 12.6 Å². The molecule has 9 heteroatoms. The highest BCUT2D eigenvalue weighted by Gasteiger charge is 2.47. The van der Waals surface area contributed by atoms with Gasteiger partial charge in [0.25, 0.3) is 15.7 Å². The first-order valence-corrected chi connectivity index (χ1v) is 8.14. The molecule has 1 aliphatic carbocycles. The molecular formula is C14H13F3N2O3S. The van der Waals surface area contributed by atoms with Gasteiger partial charge in [0.15, 0.2) is 0 Å². The molecular weight excluding hydrogens is 333 g/mol. The van der Waals surface area contributed by atoms with Crippen LogP contribution in [0.15, 0.2) is 29.2 Å². The molecule has 0 unspecified atom stereocenters. The van der Waals surface area contributed by atoms with Gasteiger partial charge in [-0.25, -0.2) is 8.42 Å². The molecule has 2 rings (SSSR count). The van der Waals surface area contributed by atoms with E-state index in [0.29, 0.717) is 12.8 Å². The summed E-state index contributed by atoms with van der Waals surface area (Å²) in [7, 11) is -3.99. The Labute approximate surface area is 131 Å². The fourth-order valence-corrected chi connectivity index (χ4v) is 3.09. The number of nitriles is 1. The molecule has 0 aliphatic heterocycles. The summed E-state index contributed by atoms with van der Waals surface area (Å²) in [6.07, 6.45) is 1.88. The largest absolute Gasteiger partial charge is 0.501 e. The molecule has 1 aromatic rings. The van der Waals surface area contributed by atoms with Crippen LogP contribution in [0.2, 0.25) is 0 Å². The van der Waals surface area contributed by atoms with E-state index in [9.17, 15) is 31.6 Å². The van der Waals surface area contributed by atoms with E-state index in [-0.39, 0.29) is 5.56 Å². The number of hydrogen-bond donors (Lipinski definition) is 0. The van der Waals surface area contributed by atoms with Gasteiger partial charge in [-0.15, -0.1) is 0 Å². The van der Waals surface area contributed by atoms with Crippen molar-refractivity contribution < 1.29 is 26.4 Å². The van der Waals surface area contributed by atoms with Crippen LogP contribution in [0.3, 0.4) is 0 Å². The zero-order valence-corrected chi connectivity index (χ0v) is 12.9. The number of alkyl halides is 3. The molecule has 1 fully saturated rings. The van der Waals surface area contributed by atoms with Crippen molar-refractivity contribution in [3.8, 4) is 6.07 Å². The highest BCUT2D eigenvalue weighted by molar-refractivity contribution is 7.92. The van der Waals surface area contributed by atoms with Crippen LogP contribution in [0.5, 0.6) is 0 Å². The SMILES string of the molecule is CN(C(=O)c1ccc(S(=O)(=O)C(F)(F)F)cc1)C1(C#N)CCC1. The number of benzene rings is 1. The summed E-state index contributed by atoms with van der Waals surface area (Å²) in [5, 5.41) is 9.19. The van der Waals surface area contributed by atoms with Gasteiger partial charge in [-0.1, -0.05) is 0 Å². The summed E-state index contributed by atoms with van der Waals surface area (Å²) in [5.74, 6) is -0.540. The van der Waals surface area contributed by atoms with E-state index in [1.165, 1.54) is 11.9 Å². The van der Waals surface area contributed by atoms with Crippen LogP contribution >= 0.6 is 0 Å². The van der Waals surface area contributed by atoms with Crippen LogP contribution in [0.1, 0.15) is 29.6 Å². The van der Waals surface area contributed by atoms with Crippen molar-refractivity contribution in [1.29, 1.82) is 5.26 Å². The normalized spacial score (nSPS) is 17.0. The molecule has 0 aromatic heterocycles. The lowest BCUT2D eigenvalue weighted by Crippen LogP contribution is -2.53. The number of amides is 1. The zero-order valence-electron chi connectivity index (χ0n) is 12.1. The number of rotatable bonds is 3. The van der Waals surface area contributed by atoms with Crippen molar-refractivity contribution in [1.82, 2.24) is 4.90 Å². The number of carbonyl (C=O) groups is 1. The summed E-state index contributed by atoms with van der Waals surface area (Å²) < 4.78 is 59.9. The van der Waals surface area contributed by atoms with Crippen molar-refractivity contribution in [2.75, 3.05) is 7.05 Å². The molecule has 1 amide bonds. The predicted octanol–water partition coefficient (Wildman–Crippen LogP) is 2.50. The third kappa shape index (κ3) is 2.79. The smallest absolute Gasteiger partial charge is 0.323 e. The first-order chi connectivity index (χ1) is 10.5. The van der Waals surface area contributed by atoms with Gasteiger partial charge < -0.3 is 4.90 Å². The first-order valence-electron chi connectivity index (χ1n) is 6.66. The van der Waals surface area contributed by atoms with Gasteiger partial charge in [0.05, 0.1) is 11.0 Å². The minimum atomic E-state index is -5.44. The highest BCUT2D eigenvalue weighted by atomic mass is 32.2. The minimum absolute atomic E-state index is 0.0233. The van der Waals surface area contributed by atoms with E-state index in [0.717, 1.165) is 30.7 Å². The number of halogens is 3. The molecule has 23 heavy (non-hydrogen) atoms. The summed E-state index contributed by atoms with van der Waals surface area (Å²) in [6.45, 7) is 0. The number of hydrogen-bond acceptors (Lipinski definition) is 4. The van der Waals surface area contributed by atoms with E-state index in [4.69, 9.17) is 0 Å². The lowest BCUT2D eigenvalue weighted by molar-refractivity contribution is -0.0436.